The Kier molecular flexibility index (Phi) is 3.31. The number of anilines is 1. The SMILES string of the molecule is O=C(Nc1ccc2c(c1)OCO2)c1ccc(F)c(Br)c1. The average molecular weight is 338 g/mol. The van der Waals surface area contributed by atoms with Crippen LogP contribution in [0.2, 0.25) is 0 Å². The van der Waals surface area contributed by atoms with Crippen molar-refractivity contribution in [3.63, 3.8) is 0 Å². The number of hydrogen-bond donors (Lipinski definition) is 1. The van der Waals surface area contributed by atoms with Gasteiger partial charge in [0.1, 0.15) is 5.82 Å². The summed E-state index contributed by atoms with van der Waals surface area (Å²) in [4.78, 5) is 12.1. The number of halogens is 2. The van der Waals surface area contributed by atoms with E-state index in [4.69, 9.17) is 9.47 Å². The molecule has 0 saturated heterocycles. The molecule has 6 heteroatoms. The van der Waals surface area contributed by atoms with Crippen molar-refractivity contribution in [1.29, 1.82) is 0 Å². The Morgan fingerprint density at radius 1 is 1.15 bits per heavy atom. The second kappa shape index (κ2) is 5.13. The molecule has 1 N–H and O–H groups in total. The number of rotatable bonds is 2. The Morgan fingerprint density at radius 3 is 2.75 bits per heavy atom. The van der Waals surface area contributed by atoms with Crippen LogP contribution in [0.25, 0.3) is 0 Å². The molecule has 0 aromatic heterocycles. The fraction of sp³-hybridized carbons (Fsp3) is 0.0714. The highest BCUT2D eigenvalue weighted by Crippen LogP contribution is 2.34. The lowest BCUT2D eigenvalue weighted by molar-refractivity contribution is 0.102. The summed E-state index contributed by atoms with van der Waals surface area (Å²) in [5.74, 6) is 0.491. The molecule has 1 aliphatic rings. The Bertz CT molecular complexity index is 690. The van der Waals surface area contributed by atoms with Crippen molar-refractivity contribution in [2.24, 2.45) is 0 Å². The number of hydrogen-bond acceptors (Lipinski definition) is 3. The normalized spacial score (nSPS) is 12.3. The van der Waals surface area contributed by atoms with Gasteiger partial charge in [-0.25, -0.2) is 4.39 Å². The second-order valence-corrected chi connectivity index (χ2v) is 5.01. The molecule has 0 unspecified atom stereocenters. The maximum Gasteiger partial charge on any atom is 0.255 e. The minimum absolute atomic E-state index is 0.178. The predicted octanol–water partition coefficient (Wildman–Crippen LogP) is 3.57. The highest BCUT2D eigenvalue weighted by atomic mass is 79.9. The summed E-state index contributed by atoms with van der Waals surface area (Å²) >= 11 is 3.05. The van der Waals surface area contributed by atoms with Gasteiger partial charge < -0.3 is 14.8 Å². The van der Waals surface area contributed by atoms with Crippen molar-refractivity contribution in [1.82, 2.24) is 0 Å². The zero-order valence-electron chi connectivity index (χ0n) is 10.2. The zero-order valence-corrected chi connectivity index (χ0v) is 11.7. The minimum Gasteiger partial charge on any atom is -0.454 e. The van der Waals surface area contributed by atoms with E-state index in [2.05, 4.69) is 21.2 Å². The molecular weight excluding hydrogens is 329 g/mol. The molecule has 0 fully saturated rings. The van der Waals surface area contributed by atoms with Gasteiger partial charge in [-0.2, -0.15) is 0 Å². The van der Waals surface area contributed by atoms with E-state index < -0.39 is 5.82 Å². The minimum atomic E-state index is -0.412. The van der Waals surface area contributed by atoms with E-state index in [1.54, 1.807) is 18.2 Å². The summed E-state index contributed by atoms with van der Waals surface area (Å²) < 4.78 is 23.8. The van der Waals surface area contributed by atoms with Crippen LogP contribution in [0.5, 0.6) is 11.5 Å². The Balaban J connectivity index is 1.80. The van der Waals surface area contributed by atoms with Crippen LogP contribution in [0.15, 0.2) is 40.9 Å². The molecule has 0 aliphatic carbocycles. The highest BCUT2D eigenvalue weighted by Gasteiger charge is 2.15. The summed E-state index contributed by atoms with van der Waals surface area (Å²) in [5.41, 5.74) is 0.940. The lowest BCUT2D eigenvalue weighted by Gasteiger charge is -2.06. The Morgan fingerprint density at radius 2 is 1.95 bits per heavy atom. The summed E-state index contributed by atoms with van der Waals surface area (Å²) in [6.45, 7) is 0.178. The van der Waals surface area contributed by atoms with Crippen LogP contribution >= 0.6 is 15.9 Å². The zero-order chi connectivity index (χ0) is 14.1. The molecule has 0 spiro atoms. The largest absolute Gasteiger partial charge is 0.454 e. The van der Waals surface area contributed by atoms with Crippen molar-refractivity contribution in [3.8, 4) is 11.5 Å². The van der Waals surface area contributed by atoms with Crippen molar-refractivity contribution < 1.29 is 18.7 Å². The molecule has 20 heavy (non-hydrogen) atoms. The average Bonchev–Trinajstić information content (AvgIpc) is 2.89. The molecule has 1 heterocycles. The molecule has 0 bridgehead atoms. The monoisotopic (exact) mass is 337 g/mol. The Labute approximate surface area is 122 Å². The fourth-order valence-corrected chi connectivity index (χ4v) is 2.19. The van der Waals surface area contributed by atoms with Crippen LogP contribution in [0.4, 0.5) is 10.1 Å². The van der Waals surface area contributed by atoms with Gasteiger partial charge in [0.15, 0.2) is 11.5 Å². The first-order valence-corrected chi connectivity index (χ1v) is 6.59. The van der Waals surface area contributed by atoms with Crippen LogP contribution in [0.1, 0.15) is 10.4 Å². The van der Waals surface area contributed by atoms with E-state index in [1.165, 1.54) is 18.2 Å². The van der Waals surface area contributed by atoms with Gasteiger partial charge in [-0.05, 0) is 46.3 Å². The lowest BCUT2D eigenvalue weighted by Crippen LogP contribution is -2.11. The summed E-state index contributed by atoms with van der Waals surface area (Å²) in [6.07, 6.45) is 0. The third-order valence-corrected chi connectivity index (χ3v) is 3.42. The molecule has 0 saturated carbocycles. The molecule has 2 aromatic rings. The van der Waals surface area contributed by atoms with Crippen LogP contribution in [0, 0.1) is 5.82 Å². The van der Waals surface area contributed by atoms with Crippen molar-refractivity contribution in [3.05, 3.63) is 52.3 Å². The topological polar surface area (TPSA) is 47.6 Å². The van der Waals surface area contributed by atoms with E-state index in [0.717, 1.165) is 0 Å². The Hall–Kier alpha value is -2.08. The third kappa shape index (κ3) is 2.46. The van der Waals surface area contributed by atoms with Gasteiger partial charge >= 0.3 is 0 Å². The van der Waals surface area contributed by atoms with Gasteiger partial charge in [0.2, 0.25) is 6.79 Å². The smallest absolute Gasteiger partial charge is 0.255 e. The molecule has 0 atom stereocenters. The van der Waals surface area contributed by atoms with Gasteiger partial charge in [0.25, 0.3) is 5.91 Å². The van der Waals surface area contributed by atoms with Gasteiger partial charge in [-0.3, -0.25) is 4.79 Å². The number of ether oxygens (including phenoxy) is 2. The molecule has 3 rings (SSSR count). The number of benzene rings is 2. The number of fused-ring (bicyclic) bond motifs is 1. The third-order valence-electron chi connectivity index (χ3n) is 2.81. The van der Waals surface area contributed by atoms with Gasteiger partial charge in [0, 0.05) is 17.3 Å². The van der Waals surface area contributed by atoms with E-state index in [0.29, 0.717) is 22.7 Å². The quantitative estimate of drug-likeness (QED) is 0.911. The molecule has 1 amide bonds. The summed E-state index contributed by atoms with van der Waals surface area (Å²) in [7, 11) is 0. The van der Waals surface area contributed by atoms with Crippen molar-refractivity contribution >= 4 is 27.5 Å². The second-order valence-electron chi connectivity index (χ2n) is 4.15. The van der Waals surface area contributed by atoms with E-state index >= 15 is 0 Å². The van der Waals surface area contributed by atoms with E-state index in [9.17, 15) is 9.18 Å². The number of carbonyl (C=O) groups excluding carboxylic acids is 1. The van der Waals surface area contributed by atoms with Gasteiger partial charge in [-0.15, -0.1) is 0 Å². The van der Waals surface area contributed by atoms with E-state index in [1.807, 2.05) is 0 Å². The first-order chi connectivity index (χ1) is 9.63. The van der Waals surface area contributed by atoms with E-state index in [-0.39, 0.29) is 17.2 Å². The molecule has 0 radical (unpaired) electrons. The lowest BCUT2D eigenvalue weighted by atomic mass is 10.2. The standard InChI is InChI=1S/C14H9BrFNO3/c15-10-5-8(1-3-11(10)16)14(18)17-9-2-4-12-13(6-9)20-7-19-12/h1-6H,7H2,(H,17,18). The van der Waals surface area contributed by atoms with Crippen molar-refractivity contribution in [2.75, 3.05) is 12.1 Å². The molecule has 4 nitrogen and oxygen atoms in total. The van der Waals surface area contributed by atoms with Crippen LogP contribution in [0.3, 0.4) is 0 Å². The first kappa shape index (κ1) is 12.9. The van der Waals surface area contributed by atoms with Crippen LogP contribution in [-0.4, -0.2) is 12.7 Å². The number of nitrogens with one attached hydrogen (secondary N) is 1. The summed E-state index contributed by atoms with van der Waals surface area (Å²) in [5, 5.41) is 2.72. The van der Waals surface area contributed by atoms with Gasteiger partial charge in [0.05, 0.1) is 4.47 Å². The van der Waals surface area contributed by atoms with Crippen molar-refractivity contribution in [2.45, 2.75) is 0 Å². The van der Waals surface area contributed by atoms with Gasteiger partial charge in [-0.1, -0.05) is 0 Å². The first-order valence-electron chi connectivity index (χ1n) is 5.79. The summed E-state index contributed by atoms with van der Waals surface area (Å²) in [6, 6.07) is 9.19. The fourth-order valence-electron chi connectivity index (χ4n) is 1.81. The molecule has 1 aliphatic heterocycles. The maximum absolute atomic E-state index is 13.1. The van der Waals surface area contributed by atoms with Crippen LogP contribution < -0.4 is 14.8 Å². The highest BCUT2D eigenvalue weighted by molar-refractivity contribution is 9.10. The molecular formula is C14H9BrFNO3. The number of amides is 1. The van der Waals surface area contributed by atoms with Crippen LogP contribution in [-0.2, 0) is 0 Å². The molecule has 102 valence electrons. The predicted molar refractivity (Wildman–Crippen MR) is 74.6 cm³/mol. The number of carbonyl (C=O) groups is 1. The maximum atomic E-state index is 13.1. The molecule has 2 aromatic carbocycles.